The second-order valence-electron chi connectivity index (χ2n) is 5.76. The lowest BCUT2D eigenvalue weighted by molar-refractivity contribution is 0.505. The molecule has 1 N–H and O–H groups in total. The van der Waals surface area contributed by atoms with Gasteiger partial charge in [-0.3, -0.25) is 4.98 Å². The molecular weight excluding hydrogens is 270 g/mol. The van der Waals surface area contributed by atoms with Gasteiger partial charge in [-0.1, -0.05) is 11.6 Å². The highest BCUT2D eigenvalue weighted by atomic mass is 35.5. The largest absolute Gasteiger partial charge is 0.311 e. The Bertz CT molecular complexity index is 643. The Kier molecular flexibility index (Phi) is 2.97. The molecule has 2 aromatic rings. The number of rotatable bonds is 2. The van der Waals surface area contributed by atoms with Crippen LogP contribution in [0, 0.1) is 0 Å². The summed E-state index contributed by atoms with van der Waals surface area (Å²) in [6, 6.07) is 7.47. The standard InChI is InChI=1S/C16H16ClN3/c17-16-6-10(3-4-19-16)11-5-12(9-18-8-11)14-7-13-1-2-15(14)20-13/h3-6,8-9,13-15,20H,1-2,7H2/t13-,14-,15-/m1/s1. The van der Waals surface area contributed by atoms with Crippen LogP contribution >= 0.6 is 11.6 Å². The third kappa shape index (κ3) is 2.11. The molecule has 0 unspecified atom stereocenters. The van der Waals surface area contributed by atoms with E-state index in [-0.39, 0.29) is 0 Å². The number of hydrogen-bond donors (Lipinski definition) is 1. The van der Waals surface area contributed by atoms with Crippen molar-refractivity contribution >= 4 is 11.6 Å². The van der Waals surface area contributed by atoms with E-state index >= 15 is 0 Å². The lowest BCUT2D eigenvalue weighted by atomic mass is 9.84. The van der Waals surface area contributed by atoms with Crippen LogP contribution in [-0.2, 0) is 0 Å². The van der Waals surface area contributed by atoms with Gasteiger partial charge >= 0.3 is 0 Å². The first-order chi connectivity index (χ1) is 9.79. The first-order valence-electron chi connectivity index (χ1n) is 7.12. The van der Waals surface area contributed by atoms with Crippen molar-refractivity contribution in [3.05, 3.63) is 47.5 Å². The lowest BCUT2D eigenvalue weighted by Crippen LogP contribution is -2.21. The van der Waals surface area contributed by atoms with Crippen LogP contribution in [-0.4, -0.2) is 22.1 Å². The minimum absolute atomic E-state index is 0.523. The van der Waals surface area contributed by atoms with Crippen molar-refractivity contribution in [3.8, 4) is 11.1 Å². The molecule has 2 aliphatic heterocycles. The lowest BCUT2D eigenvalue weighted by Gasteiger charge is -2.20. The van der Waals surface area contributed by atoms with Crippen LogP contribution in [0.2, 0.25) is 5.15 Å². The Morgan fingerprint density at radius 2 is 2.10 bits per heavy atom. The molecule has 20 heavy (non-hydrogen) atoms. The van der Waals surface area contributed by atoms with E-state index in [0.29, 0.717) is 23.2 Å². The summed E-state index contributed by atoms with van der Waals surface area (Å²) in [7, 11) is 0. The molecule has 2 saturated heterocycles. The van der Waals surface area contributed by atoms with E-state index in [1.165, 1.54) is 24.8 Å². The van der Waals surface area contributed by atoms with Gasteiger partial charge in [-0.15, -0.1) is 0 Å². The van der Waals surface area contributed by atoms with Gasteiger partial charge in [0.25, 0.3) is 0 Å². The third-order valence-corrected chi connectivity index (χ3v) is 4.75. The fourth-order valence-electron chi connectivity index (χ4n) is 3.59. The first kappa shape index (κ1) is 12.3. The molecular formula is C16H16ClN3. The Hall–Kier alpha value is -1.45. The Morgan fingerprint density at radius 1 is 1.15 bits per heavy atom. The molecule has 4 heteroatoms. The zero-order valence-electron chi connectivity index (χ0n) is 11.1. The zero-order chi connectivity index (χ0) is 13.5. The van der Waals surface area contributed by atoms with E-state index in [2.05, 4.69) is 21.4 Å². The molecule has 0 spiro atoms. The minimum atomic E-state index is 0.523. The summed E-state index contributed by atoms with van der Waals surface area (Å²) >= 11 is 5.97. The van der Waals surface area contributed by atoms with Crippen LogP contribution in [0.3, 0.4) is 0 Å². The minimum Gasteiger partial charge on any atom is -0.311 e. The summed E-state index contributed by atoms with van der Waals surface area (Å²) in [5, 5.41) is 4.21. The van der Waals surface area contributed by atoms with Crippen LogP contribution in [0.15, 0.2) is 36.8 Å². The van der Waals surface area contributed by atoms with Crippen LogP contribution < -0.4 is 5.32 Å². The molecule has 102 valence electrons. The summed E-state index contributed by atoms with van der Waals surface area (Å²) in [4.78, 5) is 8.46. The van der Waals surface area contributed by atoms with E-state index in [4.69, 9.17) is 11.6 Å². The number of nitrogens with zero attached hydrogens (tertiary/aromatic N) is 2. The van der Waals surface area contributed by atoms with Gasteiger partial charge in [0.15, 0.2) is 0 Å². The van der Waals surface area contributed by atoms with Gasteiger partial charge in [0.05, 0.1) is 0 Å². The molecule has 0 aromatic carbocycles. The van der Waals surface area contributed by atoms with Gasteiger partial charge in [-0.25, -0.2) is 4.98 Å². The molecule has 0 radical (unpaired) electrons. The van der Waals surface area contributed by atoms with Gasteiger partial charge in [0, 0.05) is 42.2 Å². The van der Waals surface area contributed by atoms with Gasteiger partial charge in [-0.2, -0.15) is 0 Å². The molecule has 4 heterocycles. The SMILES string of the molecule is Clc1cc(-c2cncc([C@H]3C[C@H]4CC[C@H]3N4)c2)ccn1. The van der Waals surface area contributed by atoms with Crippen LogP contribution in [0.1, 0.15) is 30.7 Å². The Morgan fingerprint density at radius 3 is 2.85 bits per heavy atom. The second kappa shape index (κ2) is 4.83. The highest BCUT2D eigenvalue weighted by molar-refractivity contribution is 6.29. The number of nitrogens with one attached hydrogen (secondary N) is 1. The average Bonchev–Trinajstić information content (AvgIpc) is 3.10. The maximum atomic E-state index is 5.97. The van der Waals surface area contributed by atoms with E-state index in [0.717, 1.165) is 11.1 Å². The molecule has 4 rings (SSSR count). The van der Waals surface area contributed by atoms with Gasteiger partial charge < -0.3 is 5.32 Å². The van der Waals surface area contributed by atoms with Crippen LogP contribution in [0.25, 0.3) is 11.1 Å². The van der Waals surface area contributed by atoms with Crippen molar-refractivity contribution in [3.63, 3.8) is 0 Å². The maximum Gasteiger partial charge on any atom is 0.129 e. The van der Waals surface area contributed by atoms with Crippen molar-refractivity contribution in [1.29, 1.82) is 0 Å². The Labute approximate surface area is 123 Å². The molecule has 0 aliphatic carbocycles. The molecule has 2 fully saturated rings. The summed E-state index contributed by atoms with van der Waals surface area (Å²) in [6.45, 7) is 0. The number of fused-ring (bicyclic) bond motifs is 2. The van der Waals surface area contributed by atoms with Gasteiger partial charge in [0.1, 0.15) is 5.15 Å². The average molecular weight is 286 g/mol. The van der Waals surface area contributed by atoms with Crippen LogP contribution in [0.4, 0.5) is 0 Å². The van der Waals surface area contributed by atoms with Crippen molar-refractivity contribution in [1.82, 2.24) is 15.3 Å². The predicted octanol–water partition coefficient (Wildman–Crippen LogP) is 3.40. The van der Waals surface area contributed by atoms with Crippen LogP contribution in [0.5, 0.6) is 0 Å². The summed E-state index contributed by atoms with van der Waals surface area (Å²) in [5.41, 5.74) is 3.54. The molecule has 3 nitrogen and oxygen atoms in total. The number of aromatic nitrogens is 2. The number of hydrogen-bond acceptors (Lipinski definition) is 3. The predicted molar refractivity (Wildman–Crippen MR) is 79.8 cm³/mol. The van der Waals surface area contributed by atoms with E-state index in [9.17, 15) is 0 Å². The maximum absolute atomic E-state index is 5.97. The summed E-state index contributed by atoms with van der Waals surface area (Å²) in [5.74, 6) is 0.610. The topological polar surface area (TPSA) is 37.8 Å². The molecule has 0 saturated carbocycles. The Balaban J connectivity index is 1.68. The smallest absolute Gasteiger partial charge is 0.129 e. The molecule has 3 atom stereocenters. The van der Waals surface area contributed by atoms with Crippen molar-refractivity contribution < 1.29 is 0 Å². The van der Waals surface area contributed by atoms with Gasteiger partial charge in [-0.05, 0) is 48.6 Å². The van der Waals surface area contributed by atoms with E-state index in [1.807, 2.05) is 24.5 Å². The number of halogens is 1. The summed E-state index contributed by atoms with van der Waals surface area (Å²) in [6.07, 6.45) is 9.51. The zero-order valence-corrected chi connectivity index (χ0v) is 11.8. The third-order valence-electron chi connectivity index (χ3n) is 4.55. The molecule has 0 amide bonds. The fraction of sp³-hybridized carbons (Fsp3) is 0.375. The summed E-state index contributed by atoms with van der Waals surface area (Å²) < 4.78 is 0. The van der Waals surface area contributed by atoms with Crippen molar-refractivity contribution in [2.45, 2.75) is 37.3 Å². The second-order valence-corrected chi connectivity index (χ2v) is 6.15. The highest BCUT2D eigenvalue weighted by Gasteiger charge is 2.39. The number of pyridine rings is 2. The molecule has 2 aromatic heterocycles. The highest BCUT2D eigenvalue weighted by Crippen LogP contribution is 2.40. The fourth-order valence-corrected chi connectivity index (χ4v) is 3.77. The van der Waals surface area contributed by atoms with E-state index in [1.54, 1.807) is 6.20 Å². The van der Waals surface area contributed by atoms with Crippen molar-refractivity contribution in [2.24, 2.45) is 0 Å². The monoisotopic (exact) mass is 285 g/mol. The quantitative estimate of drug-likeness (QED) is 0.860. The molecule has 2 bridgehead atoms. The first-order valence-corrected chi connectivity index (χ1v) is 7.50. The normalized spacial score (nSPS) is 27.9. The van der Waals surface area contributed by atoms with Crippen molar-refractivity contribution in [2.75, 3.05) is 0 Å². The van der Waals surface area contributed by atoms with Gasteiger partial charge in [0.2, 0.25) is 0 Å². The molecule has 2 aliphatic rings. The van der Waals surface area contributed by atoms with E-state index < -0.39 is 0 Å².